The number of H-pyrrole nitrogens is 1. The van der Waals surface area contributed by atoms with E-state index in [2.05, 4.69) is 25.1 Å². The first-order valence-corrected chi connectivity index (χ1v) is 8.39. The second-order valence-corrected chi connectivity index (χ2v) is 6.47. The molecule has 10 heteroatoms. The molecule has 1 aromatic rings. The Hall–Kier alpha value is -2.07. The predicted octanol–water partition coefficient (Wildman–Crippen LogP) is 0.171. The Labute approximate surface area is 128 Å². The van der Waals surface area contributed by atoms with E-state index in [0.29, 0.717) is 17.8 Å². The molecule has 2 amide bonds. The van der Waals surface area contributed by atoms with Crippen LogP contribution in [0.4, 0.5) is 10.5 Å². The molecule has 4 N–H and O–H groups in total. The summed E-state index contributed by atoms with van der Waals surface area (Å²) >= 11 is 0. The SMILES string of the molecule is COC(=O)c1[nH]c(C)cc1NC(=O)NCCCNS(C)(=O)=O. The van der Waals surface area contributed by atoms with Crippen LogP contribution in [0.5, 0.6) is 0 Å². The molecular weight excluding hydrogens is 312 g/mol. The molecule has 0 atom stereocenters. The lowest BCUT2D eigenvalue weighted by Gasteiger charge is -2.08. The molecule has 1 heterocycles. The molecule has 0 saturated carbocycles. The van der Waals surface area contributed by atoms with E-state index in [0.717, 1.165) is 6.26 Å². The van der Waals surface area contributed by atoms with Crippen molar-refractivity contribution in [1.29, 1.82) is 0 Å². The van der Waals surface area contributed by atoms with Gasteiger partial charge in [-0.1, -0.05) is 0 Å². The zero-order valence-corrected chi connectivity index (χ0v) is 13.5. The average Bonchev–Trinajstić information content (AvgIpc) is 2.77. The molecule has 0 unspecified atom stereocenters. The summed E-state index contributed by atoms with van der Waals surface area (Å²) in [7, 11) is -1.98. The Bertz CT molecular complexity index is 638. The highest BCUT2D eigenvalue weighted by Crippen LogP contribution is 2.17. The van der Waals surface area contributed by atoms with E-state index >= 15 is 0 Å². The molecule has 0 aliphatic heterocycles. The first-order chi connectivity index (χ1) is 10.2. The maximum Gasteiger partial charge on any atom is 0.356 e. The van der Waals surface area contributed by atoms with Gasteiger partial charge >= 0.3 is 12.0 Å². The van der Waals surface area contributed by atoms with Crippen molar-refractivity contribution < 1.29 is 22.7 Å². The van der Waals surface area contributed by atoms with Gasteiger partial charge in [0.2, 0.25) is 10.0 Å². The van der Waals surface area contributed by atoms with E-state index in [1.807, 2.05) is 0 Å². The van der Waals surface area contributed by atoms with Crippen molar-refractivity contribution in [2.75, 3.05) is 31.8 Å². The van der Waals surface area contributed by atoms with Crippen molar-refractivity contribution in [3.05, 3.63) is 17.5 Å². The number of amides is 2. The number of nitrogens with one attached hydrogen (secondary N) is 4. The van der Waals surface area contributed by atoms with Crippen molar-refractivity contribution in [3.8, 4) is 0 Å². The van der Waals surface area contributed by atoms with Gasteiger partial charge in [-0.2, -0.15) is 0 Å². The van der Waals surface area contributed by atoms with E-state index in [-0.39, 0.29) is 18.8 Å². The van der Waals surface area contributed by atoms with E-state index in [1.165, 1.54) is 7.11 Å². The van der Waals surface area contributed by atoms with Gasteiger partial charge in [-0.05, 0) is 19.4 Å². The van der Waals surface area contributed by atoms with E-state index in [4.69, 9.17) is 0 Å². The Morgan fingerprint density at radius 3 is 2.59 bits per heavy atom. The molecule has 22 heavy (non-hydrogen) atoms. The number of aryl methyl sites for hydroxylation is 1. The molecule has 0 aliphatic carbocycles. The van der Waals surface area contributed by atoms with Gasteiger partial charge in [-0.15, -0.1) is 0 Å². The maximum atomic E-state index is 11.7. The third kappa shape index (κ3) is 6.14. The molecule has 0 aliphatic rings. The second kappa shape index (κ2) is 7.80. The highest BCUT2D eigenvalue weighted by molar-refractivity contribution is 7.88. The number of hydrogen-bond donors (Lipinski definition) is 4. The van der Waals surface area contributed by atoms with Crippen LogP contribution in [0, 0.1) is 6.92 Å². The van der Waals surface area contributed by atoms with Gasteiger partial charge in [0.25, 0.3) is 0 Å². The van der Waals surface area contributed by atoms with Gasteiger partial charge < -0.3 is 20.4 Å². The summed E-state index contributed by atoms with van der Waals surface area (Å²) in [6.45, 7) is 2.26. The number of sulfonamides is 1. The number of rotatable bonds is 7. The number of methoxy groups -OCH3 is 1. The summed E-state index contributed by atoms with van der Waals surface area (Å²) in [5, 5.41) is 5.09. The molecule has 0 fully saturated rings. The number of esters is 1. The lowest BCUT2D eigenvalue weighted by atomic mass is 10.3. The molecular formula is C12H20N4O5S. The lowest BCUT2D eigenvalue weighted by molar-refractivity contribution is 0.0596. The van der Waals surface area contributed by atoms with Crippen LogP contribution in [-0.2, 0) is 14.8 Å². The second-order valence-electron chi connectivity index (χ2n) is 4.63. The van der Waals surface area contributed by atoms with Crippen LogP contribution in [0.15, 0.2) is 6.07 Å². The number of aromatic nitrogens is 1. The van der Waals surface area contributed by atoms with Gasteiger partial charge in [0.15, 0.2) is 0 Å². The number of hydrogen-bond acceptors (Lipinski definition) is 5. The number of urea groups is 1. The zero-order valence-electron chi connectivity index (χ0n) is 12.6. The normalized spacial score (nSPS) is 11.0. The minimum atomic E-state index is -3.22. The van der Waals surface area contributed by atoms with Gasteiger partial charge in [0.05, 0.1) is 19.1 Å². The molecule has 0 radical (unpaired) electrons. The van der Waals surface area contributed by atoms with Crippen molar-refractivity contribution in [2.45, 2.75) is 13.3 Å². The van der Waals surface area contributed by atoms with Crippen molar-refractivity contribution in [3.63, 3.8) is 0 Å². The Morgan fingerprint density at radius 2 is 2.00 bits per heavy atom. The molecule has 0 aromatic carbocycles. The summed E-state index contributed by atoms with van der Waals surface area (Å²) in [5.74, 6) is -0.583. The first-order valence-electron chi connectivity index (χ1n) is 6.50. The van der Waals surface area contributed by atoms with Gasteiger partial charge in [0, 0.05) is 18.8 Å². The minimum Gasteiger partial charge on any atom is -0.464 e. The Kier molecular flexibility index (Phi) is 6.38. The predicted molar refractivity (Wildman–Crippen MR) is 81.4 cm³/mol. The van der Waals surface area contributed by atoms with Crippen LogP contribution >= 0.6 is 0 Å². The van der Waals surface area contributed by atoms with Crippen molar-refractivity contribution >= 4 is 27.7 Å². The number of carbonyl (C=O) groups excluding carboxylic acids is 2. The summed E-state index contributed by atoms with van der Waals surface area (Å²) in [6.07, 6.45) is 1.51. The third-order valence-corrected chi connectivity index (χ3v) is 3.32. The molecule has 124 valence electrons. The Morgan fingerprint density at radius 1 is 1.32 bits per heavy atom. The van der Waals surface area contributed by atoms with Crippen LogP contribution in [0.1, 0.15) is 22.6 Å². The van der Waals surface area contributed by atoms with Crippen LogP contribution in [0.25, 0.3) is 0 Å². The Balaban J connectivity index is 2.44. The van der Waals surface area contributed by atoms with Crippen LogP contribution < -0.4 is 15.4 Å². The van der Waals surface area contributed by atoms with E-state index in [9.17, 15) is 18.0 Å². The lowest BCUT2D eigenvalue weighted by Crippen LogP contribution is -2.32. The number of ether oxygens (including phenoxy) is 1. The van der Waals surface area contributed by atoms with Crippen LogP contribution in [0.2, 0.25) is 0 Å². The maximum absolute atomic E-state index is 11.7. The fraction of sp³-hybridized carbons (Fsp3) is 0.500. The number of carbonyl (C=O) groups is 2. The summed E-state index contributed by atoms with van der Waals surface area (Å²) < 4.78 is 28.6. The number of anilines is 1. The molecule has 0 bridgehead atoms. The highest BCUT2D eigenvalue weighted by Gasteiger charge is 2.16. The third-order valence-electron chi connectivity index (χ3n) is 2.59. The highest BCUT2D eigenvalue weighted by atomic mass is 32.2. The largest absolute Gasteiger partial charge is 0.464 e. The quantitative estimate of drug-likeness (QED) is 0.418. The summed E-state index contributed by atoms with van der Waals surface area (Å²) in [5.41, 5.74) is 1.18. The standard InChI is InChI=1S/C12H20N4O5S/c1-8-7-9(10(15-8)11(17)21-2)16-12(18)13-5-4-6-14-22(3,19)20/h7,14-15H,4-6H2,1-3H3,(H2,13,16,18). The van der Waals surface area contributed by atoms with E-state index in [1.54, 1.807) is 13.0 Å². The smallest absolute Gasteiger partial charge is 0.356 e. The molecule has 1 rings (SSSR count). The molecule has 0 spiro atoms. The van der Waals surface area contributed by atoms with Crippen molar-refractivity contribution in [1.82, 2.24) is 15.0 Å². The monoisotopic (exact) mass is 332 g/mol. The zero-order chi connectivity index (χ0) is 16.8. The fourth-order valence-corrected chi connectivity index (χ4v) is 2.18. The topological polar surface area (TPSA) is 129 Å². The van der Waals surface area contributed by atoms with Gasteiger partial charge in [0.1, 0.15) is 5.69 Å². The first kappa shape index (κ1) is 18.0. The number of aromatic amines is 1. The van der Waals surface area contributed by atoms with Crippen molar-refractivity contribution in [2.24, 2.45) is 0 Å². The van der Waals surface area contributed by atoms with E-state index < -0.39 is 22.0 Å². The summed E-state index contributed by atoms with van der Waals surface area (Å²) in [4.78, 5) is 26.0. The molecule has 0 saturated heterocycles. The fourth-order valence-electron chi connectivity index (χ4n) is 1.67. The average molecular weight is 332 g/mol. The van der Waals surface area contributed by atoms with Gasteiger partial charge in [-0.3, -0.25) is 0 Å². The van der Waals surface area contributed by atoms with Gasteiger partial charge in [-0.25, -0.2) is 22.7 Å². The van der Waals surface area contributed by atoms with Crippen LogP contribution in [0.3, 0.4) is 0 Å². The summed E-state index contributed by atoms with van der Waals surface area (Å²) in [6, 6.07) is 1.11. The minimum absolute atomic E-state index is 0.161. The molecule has 1 aromatic heterocycles. The van der Waals surface area contributed by atoms with Crippen LogP contribution in [-0.4, -0.2) is 51.9 Å². The molecule has 9 nitrogen and oxygen atoms in total.